The molecule has 0 fully saturated rings. The van der Waals surface area contributed by atoms with Gasteiger partial charge >= 0.3 is 11.9 Å². The number of rotatable bonds is 11. The van der Waals surface area contributed by atoms with Gasteiger partial charge in [-0.2, -0.15) is 0 Å². The lowest BCUT2D eigenvalue weighted by molar-refractivity contribution is -0.162. The number of benzene rings is 1. The van der Waals surface area contributed by atoms with E-state index in [-0.39, 0.29) is 37.1 Å². The zero-order chi connectivity index (χ0) is 24.7. The zero-order valence-electron chi connectivity index (χ0n) is 20.9. The predicted octanol–water partition coefficient (Wildman–Crippen LogP) is 4.40. The number of hydrogen-bond acceptors (Lipinski definition) is 6. The van der Waals surface area contributed by atoms with Crippen LogP contribution in [0.3, 0.4) is 0 Å². The number of aliphatic hydroxyl groups excluding tert-OH is 1. The number of carbonyl (C=O) groups is 3. The van der Waals surface area contributed by atoms with E-state index >= 15 is 0 Å². The van der Waals surface area contributed by atoms with Crippen LogP contribution in [0, 0.1) is 11.3 Å². The molecular weight excluding hydrogens is 408 g/mol. The average molecular weight is 449 g/mol. The summed E-state index contributed by atoms with van der Waals surface area (Å²) < 4.78 is 10.8. The van der Waals surface area contributed by atoms with Crippen LogP contribution in [-0.4, -0.2) is 41.6 Å². The summed E-state index contributed by atoms with van der Waals surface area (Å²) in [7, 11) is 0. The molecule has 6 heteroatoms. The Hall–Kier alpha value is -2.21. The van der Waals surface area contributed by atoms with Crippen LogP contribution in [0.15, 0.2) is 24.3 Å². The van der Waals surface area contributed by atoms with Crippen molar-refractivity contribution in [3.63, 3.8) is 0 Å². The monoisotopic (exact) mass is 448 g/mol. The average Bonchev–Trinajstić information content (AvgIpc) is 2.70. The van der Waals surface area contributed by atoms with Gasteiger partial charge in [0, 0.05) is 11.8 Å². The molecule has 1 N–H and O–H groups in total. The molecule has 32 heavy (non-hydrogen) atoms. The normalized spacial score (nSPS) is 14.9. The minimum absolute atomic E-state index is 0.109. The van der Waals surface area contributed by atoms with Gasteiger partial charge in [-0.05, 0) is 58.6 Å². The first-order chi connectivity index (χ1) is 14.7. The number of esters is 2. The van der Waals surface area contributed by atoms with Gasteiger partial charge in [-0.15, -0.1) is 0 Å². The Morgan fingerprint density at radius 2 is 1.69 bits per heavy atom. The number of Topliss-reactive ketones (excluding diaryl/α,β-unsaturated/α-hetero) is 1. The molecule has 2 unspecified atom stereocenters. The molecule has 0 saturated carbocycles. The second-order valence-electron chi connectivity index (χ2n) is 10.4. The summed E-state index contributed by atoms with van der Waals surface area (Å²) in [6, 6.07) is 7.52. The van der Waals surface area contributed by atoms with Crippen molar-refractivity contribution < 1.29 is 29.0 Å². The van der Waals surface area contributed by atoms with Gasteiger partial charge in [-0.25, -0.2) is 0 Å². The molecule has 0 aromatic heterocycles. The van der Waals surface area contributed by atoms with Crippen LogP contribution in [0.5, 0.6) is 0 Å². The Morgan fingerprint density at radius 3 is 2.22 bits per heavy atom. The van der Waals surface area contributed by atoms with Gasteiger partial charge in [-0.1, -0.05) is 45.0 Å². The standard InChI is InChI=1S/C26H40O6/c1-9-31-22(29)18(2)15-19-11-10-12-20(16-19)26(8,23(30)32-24(3,4)5)14-13-21(28)25(6,7)17-27/h10-12,16,18,27H,9,13-15,17H2,1-8H3. The fraction of sp³-hybridized carbons (Fsp3) is 0.654. The summed E-state index contributed by atoms with van der Waals surface area (Å²) in [6.45, 7) is 14.3. The lowest BCUT2D eigenvalue weighted by Crippen LogP contribution is -2.40. The van der Waals surface area contributed by atoms with Gasteiger partial charge < -0.3 is 14.6 Å². The number of carbonyl (C=O) groups excluding carboxylic acids is 3. The van der Waals surface area contributed by atoms with Crippen LogP contribution in [0.1, 0.15) is 79.4 Å². The van der Waals surface area contributed by atoms with Crippen molar-refractivity contribution >= 4 is 17.7 Å². The Balaban J connectivity index is 3.26. The smallest absolute Gasteiger partial charge is 0.316 e. The van der Waals surface area contributed by atoms with Gasteiger partial charge in [0.05, 0.1) is 24.5 Å². The summed E-state index contributed by atoms with van der Waals surface area (Å²) in [5.74, 6) is -1.09. The summed E-state index contributed by atoms with van der Waals surface area (Å²) in [6.07, 6.45) is 0.862. The van der Waals surface area contributed by atoms with Gasteiger partial charge in [0.1, 0.15) is 11.4 Å². The molecule has 180 valence electrons. The summed E-state index contributed by atoms with van der Waals surface area (Å²) in [4.78, 5) is 38.0. The second kappa shape index (κ2) is 11.1. The highest BCUT2D eigenvalue weighted by molar-refractivity contribution is 5.87. The zero-order valence-corrected chi connectivity index (χ0v) is 20.9. The lowest BCUT2D eigenvalue weighted by Gasteiger charge is -2.33. The quantitative estimate of drug-likeness (QED) is 0.505. The van der Waals surface area contributed by atoms with Crippen molar-refractivity contribution in [1.29, 1.82) is 0 Å². The molecular formula is C26H40O6. The van der Waals surface area contributed by atoms with Crippen LogP contribution < -0.4 is 0 Å². The van der Waals surface area contributed by atoms with E-state index in [1.165, 1.54) is 0 Å². The summed E-state index contributed by atoms with van der Waals surface area (Å²) >= 11 is 0. The Kier molecular flexibility index (Phi) is 9.64. The van der Waals surface area contributed by atoms with E-state index in [4.69, 9.17) is 9.47 Å². The molecule has 1 aromatic carbocycles. The minimum atomic E-state index is -1.06. The van der Waals surface area contributed by atoms with Crippen molar-refractivity contribution in [3.05, 3.63) is 35.4 Å². The molecule has 0 aliphatic rings. The third-order valence-electron chi connectivity index (χ3n) is 5.65. The molecule has 0 spiro atoms. The van der Waals surface area contributed by atoms with Crippen molar-refractivity contribution in [2.75, 3.05) is 13.2 Å². The first-order valence-corrected chi connectivity index (χ1v) is 11.3. The molecule has 0 aliphatic carbocycles. The van der Waals surface area contributed by atoms with Crippen molar-refractivity contribution in [1.82, 2.24) is 0 Å². The maximum Gasteiger partial charge on any atom is 0.316 e. The Labute approximate surface area is 192 Å². The summed E-state index contributed by atoms with van der Waals surface area (Å²) in [5.41, 5.74) is -0.971. The minimum Gasteiger partial charge on any atom is -0.466 e. The first-order valence-electron chi connectivity index (χ1n) is 11.3. The van der Waals surface area contributed by atoms with E-state index < -0.39 is 22.4 Å². The van der Waals surface area contributed by atoms with Crippen LogP contribution in [0.2, 0.25) is 0 Å². The molecule has 0 aliphatic heterocycles. The molecule has 0 saturated heterocycles. The number of ketones is 1. The molecule has 1 aromatic rings. The van der Waals surface area contributed by atoms with E-state index in [1.54, 1.807) is 27.7 Å². The predicted molar refractivity (Wildman–Crippen MR) is 124 cm³/mol. The maximum absolute atomic E-state index is 13.3. The molecule has 0 amide bonds. The molecule has 0 heterocycles. The van der Waals surface area contributed by atoms with E-state index in [2.05, 4.69) is 0 Å². The van der Waals surface area contributed by atoms with E-state index in [9.17, 15) is 19.5 Å². The van der Waals surface area contributed by atoms with Crippen molar-refractivity contribution in [2.45, 2.75) is 85.7 Å². The molecule has 1 rings (SSSR count). The third-order valence-corrected chi connectivity index (χ3v) is 5.65. The Bertz CT molecular complexity index is 805. The van der Waals surface area contributed by atoms with Crippen molar-refractivity contribution in [2.24, 2.45) is 11.3 Å². The Morgan fingerprint density at radius 1 is 1.06 bits per heavy atom. The van der Waals surface area contributed by atoms with Crippen LogP contribution in [-0.2, 0) is 35.7 Å². The van der Waals surface area contributed by atoms with Crippen LogP contribution >= 0.6 is 0 Å². The fourth-order valence-electron chi connectivity index (χ4n) is 3.31. The lowest BCUT2D eigenvalue weighted by atomic mass is 9.75. The number of hydrogen-bond donors (Lipinski definition) is 1. The van der Waals surface area contributed by atoms with Crippen LogP contribution in [0.25, 0.3) is 0 Å². The van der Waals surface area contributed by atoms with Gasteiger partial charge in [-0.3, -0.25) is 14.4 Å². The molecule has 0 bridgehead atoms. The summed E-state index contributed by atoms with van der Waals surface area (Å²) in [5, 5.41) is 9.53. The van der Waals surface area contributed by atoms with E-state index in [0.717, 1.165) is 11.1 Å². The topological polar surface area (TPSA) is 89.9 Å². The molecule has 0 radical (unpaired) electrons. The fourth-order valence-corrected chi connectivity index (χ4v) is 3.31. The maximum atomic E-state index is 13.3. The highest BCUT2D eigenvalue weighted by Crippen LogP contribution is 2.35. The largest absolute Gasteiger partial charge is 0.466 e. The third kappa shape index (κ3) is 7.73. The van der Waals surface area contributed by atoms with Crippen molar-refractivity contribution in [3.8, 4) is 0 Å². The van der Waals surface area contributed by atoms with Gasteiger partial charge in [0.25, 0.3) is 0 Å². The van der Waals surface area contributed by atoms with Gasteiger partial charge in [0.2, 0.25) is 0 Å². The SMILES string of the molecule is CCOC(=O)C(C)Cc1cccc(C(C)(CCC(=O)C(C)(C)CO)C(=O)OC(C)(C)C)c1. The number of aliphatic hydroxyl groups is 1. The van der Waals surface area contributed by atoms with E-state index in [0.29, 0.717) is 13.0 Å². The van der Waals surface area contributed by atoms with E-state index in [1.807, 2.05) is 52.0 Å². The molecule has 6 nitrogen and oxygen atoms in total. The first kappa shape index (κ1) is 27.8. The molecule has 2 atom stereocenters. The highest BCUT2D eigenvalue weighted by atomic mass is 16.6. The van der Waals surface area contributed by atoms with Gasteiger partial charge in [0.15, 0.2) is 0 Å². The number of ether oxygens (including phenoxy) is 2. The highest BCUT2D eigenvalue weighted by Gasteiger charge is 2.40. The second-order valence-corrected chi connectivity index (χ2v) is 10.4. The van der Waals surface area contributed by atoms with Crippen LogP contribution in [0.4, 0.5) is 0 Å².